The summed E-state index contributed by atoms with van der Waals surface area (Å²) in [6, 6.07) is 6.16. The molecule has 0 fully saturated rings. The number of anilines is 1. The Bertz CT molecular complexity index is 759. The Balaban J connectivity index is 2.31. The zero-order valence-corrected chi connectivity index (χ0v) is 11.2. The number of halogens is 2. The lowest BCUT2D eigenvalue weighted by atomic mass is 10.0. The summed E-state index contributed by atoms with van der Waals surface area (Å²) in [6.07, 6.45) is 1.52. The predicted octanol–water partition coefficient (Wildman–Crippen LogP) is 4.28. The third kappa shape index (κ3) is 1.87. The lowest BCUT2D eigenvalue weighted by molar-refractivity contribution is 0.435. The Labute approximate surface area is 118 Å². The third-order valence-corrected chi connectivity index (χ3v) is 3.32. The maximum absolute atomic E-state index is 14.1. The molecule has 0 spiro atoms. The molecular formula is C14H10ClFN2O2. The highest BCUT2D eigenvalue weighted by Crippen LogP contribution is 2.41. The molecule has 4 nitrogen and oxygen atoms in total. The van der Waals surface area contributed by atoms with E-state index < -0.39 is 5.82 Å². The molecule has 6 heteroatoms. The number of nitrogens with two attached hydrogens (primary N) is 1. The van der Waals surface area contributed by atoms with Crippen LogP contribution in [0.4, 0.5) is 10.3 Å². The van der Waals surface area contributed by atoms with Crippen LogP contribution in [0.5, 0.6) is 0 Å². The first kappa shape index (κ1) is 12.7. The van der Waals surface area contributed by atoms with Crippen molar-refractivity contribution < 1.29 is 13.3 Å². The maximum Gasteiger partial charge on any atom is 0.230 e. The Kier molecular flexibility index (Phi) is 2.99. The van der Waals surface area contributed by atoms with Gasteiger partial charge in [0.05, 0.1) is 16.8 Å². The minimum absolute atomic E-state index is 0.0113. The Morgan fingerprint density at radius 1 is 1.25 bits per heavy atom. The number of hydrogen-bond acceptors (Lipinski definition) is 4. The normalized spacial score (nSPS) is 10.9. The number of furan rings is 1. The summed E-state index contributed by atoms with van der Waals surface area (Å²) in [7, 11) is 0. The predicted molar refractivity (Wildman–Crippen MR) is 73.8 cm³/mol. The fourth-order valence-corrected chi connectivity index (χ4v) is 2.31. The van der Waals surface area contributed by atoms with Crippen LogP contribution in [0.15, 0.2) is 39.5 Å². The summed E-state index contributed by atoms with van der Waals surface area (Å²) in [6.45, 7) is 1.84. The molecule has 2 aromatic heterocycles. The zero-order chi connectivity index (χ0) is 14.3. The van der Waals surface area contributed by atoms with E-state index in [1.165, 1.54) is 18.4 Å². The number of benzene rings is 1. The van der Waals surface area contributed by atoms with Crippen molar-refractivity contribution in [3.8, 4) is 22.6 Å². The van der Waals surface area contributed by atoms with E-state index in [0.29, 0.717) is 17.0 Å². The highest BCUT2D eigenvalue weighted by Gasteiger charge is 2.25. The molecule has 1 aromatic carbocycles. The molecule has 3 rings (SSSR count). The van der Waals surface area contributed by atoms with Crippen LogP contribution in [0, 0.1) is 12.7 Å². The van der Waals surface area contributed by atoms with Crippen molar-refractivity contribution in [2.75, 3.05) is 5.73 Å². The largest absolute Gasteiger partial charge is 0.462 e. The number of aryl methyl sites for hydroxylation is 1. The molecule has 0 aliphatic carbocycles. The molecule has 0 aliphatic rings. The first-order valence-corrected chi connectivity index (χ1v) is 6.21. The second kappa shape index (κ2) is 4.68. The van der Waals surface area contributed by atoms with Crippen LogP contribution in [0.2, 0.25) is 5.02 Å². The second-order valence-electron chi connectivity index (χ2n) is 4.30. The lowest BCUT2D eigenvalue weighted by Crippen LogP contribution is -1.92. The standard InChI is InChI=1S/C14H10ClFN2O2/c1-7-5-6-19-13(7)12-11(14(17)20-18-12)10-8(15)3-2-4-9(10)16/h2-6H,17H2,1H3. The number of aromatic nitrogens is 1. The molecule has 3 aromatic rings. The van der Waals surface area contributed by atoms with Crippen LogP contribution in [0.1, 0.15) is 5.56 Å². The molecule has 0 amide bonds. The molecule has 0 radical (unpaired) electrons. The van der Waals surface area contributed by atoms with Crippen LogP contribution in [0.3, 0.4) is 0 Å². The van der Waals surface area contributed by atoms with Gasteiger partial charge in [0, 0.05) is 5.56 Å². The summed E-state index contributed by atoms with van der Waals surface area (Å²) in [5.74, 6) is -0.0413. The van der Waals surface area contributed by atoms with Crippen molar-refractivity contribution in [1.29, 1.82) is 0 Å². The first-order chi connectivity index (χ1) is 9.59. The van der Waals surface area contributed by atoms with Gasteiger partial charge < -0.3 is 14.7 Å². The van der Waals surface area contributed by atoms with E-state index in [1.54, 1.807) is 12.1 Å². The van der Waals surface area contributed by atoms with Crippen molar-refractivity contribution in [2.24, 2.45) is 0 Å². The van der Waals surface area contributed by atoms with Crippen molar-refractivity contribution in [3.05, 3.63) is 46.9 Å². The van der Waals surface area contributed by atoms with Crippen LogP contribution in [-0.2, 0) is 0 Å². The van der Waals surface area contributed by atoms with E-state index in [-0.39, 0.29) is 16.5 Å². The van der Waals surface area contributed by atoms with E-state index in [2.05, 4.69) is 5.16 Å². The third-order valence-electron chi connectivity index (χ3n) is 3.01. The van der Waals surface area contributed by atoms with Gasteiger partial charge in [-0.3, -0.25) is 0 Å². The number of rotatable bonds is 2. The van der Waals surface area contributed by atoms with Gasteiger partial charge in [0.15, 0.2) is 11.5 Å². The van der Waals surface area contributed by atoms with Crippen molar-refractivity contribution in [1.82, 2.24) is 5.16 Å². The van der Waals surface area contributed by atoms with Crippen LogP contribution in [-0.4, -0.2) is 5.16 Å². The van der Waals surface area contributed by atoms with E-state index in [1.807, 2.05) is 6.92 Å². The number of nitrogens with zero attached hydrogens (tertiary/aromatic N) is 1. The average Bonchev–Trinajstić information content (AvgIpc) is 2.97. The first-order valence-electron chi connectivity index (χ1n) is 5.83. The summed E-state index contributed by atoms with van der Waals surface area (Å²) >= 11 is 6.07. The molecule has 20 heavy (non-hydrogen) atoms. The quantitative estimate of drug-likeness (QED) is 0.765. The zero-order valence-electron chi connectivity index (χ0n) is 10.5. The molecule has 0 bridgehead atoms. The minimum atomic E-state index is -0.502. The van der Waals surface area contributed by atoms with Gasteiger partial charge in [-0.1, -0.05) is 22.8 Å². The average molecular weight is 293 g/mol. The van der Waals surface area contributed by atoms with E-state index >= 15 is 0 Å². The Hall–Kier alpha value is -2.27. The summed E-state index contributed by atoms with van der Waals surface area (Å²) in [4.78, 5) is 0. The van der Waals surface area contributed by atoms with Crippen LogP contribution < -0.4 is 5.73 Å². The van der Waals surface area contributed by atoms with Gasteiger partial charge in [-0.05, 0) is 30.7 Å². The van der Waals surface area contributed by atoms with E-state index in [9.17, 15) is 4.39 Å². The van der Waals surface area contributed by atoms with Crippen LogP contribution >= 0.6 is 11.6 Å². The van der Waals surface area contributed by atoms with E-state index in [0.717, 1.165) is 5.56 Å². The van der Waals surface area contributed by atoms with Crippen molar-refractivity contribution >= 4 is 17.5 Å². The fourth-order valence-electron chi connectivity index (χ4n) is 2.05. The number of nitrogen functional groups attached to an aromatic ring is 1. The monoisotopic (exact) mass is 292 g/mol. The molecule has 0 aliphatic heterocycles. The lowest BCUT2D eigenvalue weighted by Gasteiger charge is -2.05. The molecule has 0 saturated carbocycles. The maximum atomic E-state index is 14.1. The molecule has 0 saturated heterocycles. The fraction of sp³-hybridized carbons (Fsp3) is 0.0714. The van der Waals surface area contributed by atoms with E-state index in [4.69, 9.17) is 26.3 Å². The molecule has 102 valence electrons. The van der Waals surface area contributed by atoms with Gasteiger partial charge in [0.2, 0.25) is 5.88 Å². The summed E-state index contributed by atoms with van der Waals surface area (Å²) in [5, 5.41) is 4.09. The van der Waals surface area contributed by atoms with Gasteiger partial charge in [0.25, 0.3) is 0 Å². The summed E-state index contributed by atoms with van der Waals surface area (Å²) in [5.41, 5.74) is 7.39. The van der Waals surface area contributed by atoms with Gasteiger partial charge in [0.1, 0.15) is 5.82 Å². The molecule has 2 heterocycles. The highest BCUT2D eigenvalue weighted by atomic mass is 35.5. The summed E-state index contributed by atoms with van der Waals surface area (Å²) < 4.78 is 24.4. The van der Waals surface area contributed by atoms with Gasteiger partial charge >= 0.3 is 0 Å². The molecule has 2 N–H and O–H groups in total. The van der Waals surface area contributed by atoms with Gasteiger partial charge in [-0.2, -0.15) is 0 Å². The second-order valence-corrected chi connectivity index (χ2v) is 4.71. The van der Waals surface area contributed by atoms with Crippen LogP contribution in [0.25, 0.3) is 22.6 Å². The van der Waals surface area contributed by atoms with Gasteiger partial charge in [-0.15, -0.1) is 0 Å². The molecule has 0 atom stereocenters. The smallest absolute Gasteiger partial charge is 0.230 e. The van der Waals surface area contributed by atoms with Gasteiger partial charge in [-0.25, -0.2) is 4.39 Å². The van der Waals surface area contributed by atoms with Crippen molar-refractivity contribution in [3.63, 3.8) is 0 Å². The Morgan fingerprint density at radius 2 is 2.05 bits per heavy atom. The topological polar surface area (TPSA) is 65.2 Å². The molecular weight excluding hydrogens is 283 g/mol. The molecule has 0 unspecified atom stereocenters. The Morgan fingerprint density at radius 3 is 2.70 bits per heavy atom. The SMILES string of the molecule is Cc1ccoc1-c1noc(N)c1-c1c(F)cccc1Cl. The van der Waals surface area contributed by atoms with Crippen molar-refractivity contribution in [2.45, 2.75) is 6.92 Å². The highest BCUT2D eigenvalue weighted by molar-refractivity contribution is 6.33. The number of hydrogen-bond donors (Lipinski definition) is 1. The minimum Gasteiger partial charge on any atom is -0.462 e.